The minimum Gasteiger partial charge on any atom is -0.352 e. The number of carbonyl (C=O) groups excluding carboxylic acids is 5. The van der Waals surface area contributed by atoms with Gasteiger partial charge >= 0.3 is 0 Å². The standard InChI is InChI=1S/C19H36N6O5/c1-9(2)15(25-16(27)11(5)20)19(30)24-13(7)18(29)23-12(6)17(28)21-8-14(26)22-10(3)4/h9-13,15H,8,20H2,1-7H3,(H,21,28)(H,22,26)(H,23,29)(H,24,30)(H,25,27)/p+1/t11-,12-,13-,15-/m0/s1. The first-order valence-corrected chi connectivity index (χ1v) is 10.1. The van der Waals surface area contributed by atoms with Crippen LogP contribution >= 0.6 is 0 Å². The van der Waals surface area contributed by atoms with Crippen molar-refractivity contribution in [3.8, 4) is 0 Å². The molecule has 0 saturated carbocycles. The average molecular weight is 430 g/mol. The van der Waals surface area contributed by atoms with Crippen molar-refractivity contribution in [3.05, 3.63) is 0 Å². The van der Waals surface area contributed by atoms with Gasteiger partial charge in [0, 0.05) is 6.04 Å². The number of quaternary nitrogens is 1. The Bertz CT molecular complexity index is 635. The zero-order valence-corrected chi connectivity index (χ0v) is 18.9. The van der Waals surface area contributed by atoms with Gasteiger partial charge in [-0.1, -0.05) is 13.8 Å². The second kappa shape index (κ2) is 12.8. The number of rotatable bonds is 11. The van der Waals surface area contributed by atoms with Crippen molar-refractivity contribution >= 4 is 29.5 Å². The molecule has 11 heteroatoms. The molecular formula is C19H37N6O5+. The lowest BCUT2D eigenvalue weighted by Crippen LogP contribution is -2.68. The molecule has 0 aliphatic heterocycles. The van der Waals surface area contributed by atoms with Crippen molar-refractivity contribution in [2.24, 2.45) is 5.92 Å². The molecule has 0 saturated heterocycles. The summed E-state index contributed by atoms with van der Waals surface area (Å²) in [6.07, 6.45) is 0. The smallest absolute Gasteiger partial charge is 0.278 e. The van der Waals surface area contributed by atoms with Crippen molar-refractivity contribution in [2.75, 3.05) is 6.54 Å². The number of hydrogen-bond donors (Lipinski definition) is 6. The highest BCUT2D eigenvalue weighted by Crippen LogP contribution is 2.03. The van der Waals surface area contributed by atoms with Crippen molar-refractivity contribution in [1.82, 2.24) is 26.6 Å². The highest BCUT2D eigenvalue weighted by Gasteiger charge is 2.29. The topological polar surface area (TPSA) is 173 Å². The summed E-state index contributed by atoms with van der Waals surface area (Å²) in [7, 11) is 0. The first-order valence-electron chi connectivity index (χ1n) is 10.1. The second-order valence-electron chi connectivity index (χ2n) is 8.03. The Labute approximate surface area is 177 Å². The molecule has 0 aliphatic carbocycles. The summed E-state index contributed by atoms with van der Waals surface area (Å²) in [6, 6.07) is -3.24. The second-order valence-corrected chi connectivity index (χ2v) is 8.03. The Morgan fingerprint density at radius 1 is 0.667 bits per heavy atom. The molecule has 0 unspecified atom stereocenters. The van der Waals surface area contributed by atoms with Crippen LogP contribution in [0.15, 0.2) is 0 Å². The molecule has 0 rings (SSSR count). The number of carbonyl (C=O) groups is 5. The van der Waals surface area contributed by atoms with Crippen LogP contribution in [0.5, 0.6) is 0 Å². The molecule has 30 heavy (non-hydrogen) atoms. The molecule has 0 bridgehead atoms. The van der Waals surface area contributed by atoms with Gasteiger partial charge < -0.3 is 32.3 Å². The van der Waals surface area contributed by atoms with Crippen LogP contribution in [0.25, 0.3) is 0 Å². The molecule has 4 atom stereocenters. The molecule has 8 N–H and O–H groups in total. The van der Waals surface area contributed by atoms with Crippen LogP contribution in [0.1, 0.15) is 48.5 Å². The molecule has 0 aliphatic rings. The van der Waals surface area contributed by atoms with Crippen LogP contribution in [0.2, 0.25) is 0 Å². The van der Waals surface area contributed by atoms with E-state index in [9.17, 15) is 24.0 Å². The van der Waals surface area contributed by atoms with Crippen LogP contribution in [0, 0.1) is 5.92 Å². The van der Waals surface area contributed by atoms with Gasteiger partial charge in [0.05, 0.1) is 6.54 Å². The Morgan fingerprint density at radius 3 is 1.63 bits per heavy atom. The molecule has 0 fully saturated rings. The monoisotopic (exact) mass is 429 g/mol. The molecule has 0 aromatic heterocycles. The minimum atomic E-state index is -0.938. The van der Waals surface area contributed by atoms with Crippen molar-refractivity contribution in [2.45, 2.75) is 78.7 Å². The maximum atomic E-state index is 12.5. The Hall–Kier alpha value is -2.69. The van der Waals surface area contributed by atoms with Crippen molar-refractivity contribution < 1.29 is 29.7 Å². The maximum Gasteiger partial charge on any atom is 0.278 e. The van der Waals surface area contributed by atoms with E-state index in [2.05, 4.69) is 32.3 Å². The van der Waals surface area contributed by atoms with Crippen LogP contribution in [0.4, 0.5) is 0 Å². The van der Waals surface area contributed by atoms with E-state index in [1.807, 2.05) is 0 Å². The fourth-order valence-corrected chi connectivity index (χ4v) is 2.30. The first kappa shape index (κ1) is 27.3. The van der Waals surface area contributed by atoms with Crippen LogP contribution < -0.4 is 32.3 Å². The molecule has 172 valence electrons. The molecular weight excluding hydrogens is 392 g/mol. The number of amides is 5. The molecule has 0 aromatic carbocycles. The van der Waals surface area contributed by atoms with E-state index in [1.54, 1.807) is 34.6 Å². The van der Waals surface area contributed by atoms with E-state index in [0.29, 0.717) is 0 Å². The SMILES string of the molecule is CC(C)NC(=O)CNC(=O)[C@H](C)NC(=O)[C@H](C)NC(=O)[C@@H](NC(=O)[C@H](C)[NH3+])C(C)C. The van der Waals surface area contributed by atoms with Crippen LogP contribution in [-0.2, 0) is 24.0 Å². The lowest BCUT2D eigenvalue weighted by molar-refractivity contribution is -0.398. The van der Waals surface area contributed by atoms with Gasteiger partial charge in [0.25, 0.3) is 5.91 Å². The van der Waals surface area contributed by atoms with Crippen LogP contribution in [0.3, 0.4) is 0 Å². The first-order chi connectivity index (χ1) is 13.8. The Kier molecular flexibility index (Phi) is 11.6. The quantitative estimate of drug-likeness (QED) is 0.211. The number of hydrogen-bond acceptors (Lipinski definition) is 5. The van der Waals surface area contributed by atoms with E-state index in [4.69, 9.17) is 0 Å². The van der Waals surface area contributed by atoms with Gasteiger partial charge in [-0.2, -0.15) is 0 Å². The van der Waals surface area contributed by atoms with Gasteiger partial charge in [0.1, 0.15) is 18.1 Å². The molecule has 0 radical (unpaired) electrons. The molecule has 0 heterocycles. The third kappa shape index (κ3) is 10.2. The van der Waals surface area contributed by atoms with E-state index >= 15 is 0 Å². The minimum absolute atomic E-state index is 0.0489. The molecule has 0 aromatic rings. The highest BCUT2D eigenvalue weighted by molar-refractivity contribution is 5.95. The summed E-state index contributed by atoms with van der Waals surface area (Å²) in [5, 5.41) is 12.7. The summed E-state index contributed by atoms with van der Waals surface area (Å²) in [5.41, 5.74) is 3.62. The van der Waals surface area contributed by atoms with Crippen LogP contribution in [-0.4, -0.2) is 66.3 Å². The predicted molar refractivity (Wildman–Crippen MR) is 111 cm³/mol. The number of nitrogens with one attached hydrogen (secondary N) is 5. The highest BCUT2D eigenvalue weighted by atomic mass is 16.2. The summed E-state index contributed by atoms with van der Waals surface area (Å²) >= 11 is 0. The lowest BCUT2D eigenvalue weighted by Gasteiger charge is -2.24. The third-order valence-corrected chi connectivity index (χ3v) is 4.07. The van der Waals surface area contributed by atoms with Gasteiger partial charge in [-0.15, -0.1) is 0 Å². The van der Waals surface area contributed by atoms with E-state index < -0.39 is 41.9 Å². The van der Waals surface area contributed by atoms with E-state index in [1.165, 1.54) is 13.8 Å². The third-order valence-electron chi connectivity index (χ3n) is 4.07. The zero-order chi connectivity index (χ0) is 23.6. The van der Waals surface area contributed by atoms with Gasteiger partial charge in [-0.3, -0.25) is 24.0 Å². The summed E-state index contributed by atoms with van der Waals surface area (Å²) < 4.78 is 0. The largest absolute Gasteiger partial charge is 0.352 e. The summed E-state index contributed by atoms with van der Waals surface area (Å²) in [5.74, 6) is -2.52. The summed E-state index contributed by atoms with van der Waals surface area (Å²) in [6.45, 7) is 11.5. The van der Waals surface area contributed by atoms with Gasteiger partial charge in [-0.05, 0) is 40.5 Å². The summed E-state index contributed by atoms with van der Waals surface area (Å²) in [4.78, 5) is 60.3. The maximum absolute atomic E-state index is 12.5. The normalized spacial score (nSPS) is 14.9. The van der Waals surface area contributed by atoms with E-state index in [0.717, 1.165) is 0 Å². The fraction of sp³-hybridized carbons (Fsp3) is 0.737. The predicted octanol–water partition coefficient (Wildman–Crippen LogP) is -2.59. The van der Waals surface area contributed by atoms with Crippen molar-refractivity contribution in [3.63, 3.8) is 0 Å². The molecule has 5 amide bonds. The van der Waals surface area contributed by atoms with E-state index in [-0.39, 0.29) is 30.3 Å². The fourth-order valence-electron chi connectivity index (χ4n) is 2.30. The average Bonchev–Trinajstić information content (AvgIpc) is 2.62. The molecule has 0 spiro atoms. The van der Waals surface area contributed by atoms with Gasteiger partial charge in [0.15, 0.2) is 6.04 Å². The molecule has 11 nitrogen and oxygen atoms in total. The lowest BCUT2D eigenvalue weighted by atomic mass is 10.0. The Balaban J connectivity index is 4.69. The zero-order valence-electron chi connectivity index (χ0n) is 18.9. The van der Waals surface area contributed by atoms with Crippen molar-refractivity contribution in [1.29, 1.82) is 0 Å². The van der Waals surface area contributed by atoms with Gasteiger partial charge in [0.2, 0.25) is 23.6 Å². The Morgan fingerprint density at radius 2 is 1.17 bits per heavy atom. The van der Waals surface area contributed by atoms with Gasteiger partial charge in [-0.25, -0.2) is 0 Å².